The number of thiazole rings is 1. The number of rotatable bonds is 4. The topological polar surface area (TPSA) is 94.1 Å². The van der Waals surface area contributed by atoms with Crippen LogP contribution in [0.4, 0.5) is 17.1 Å². The van der Waals surface area contributed by atoms with Gasteiger partial charge in [-0.05, 0) is 6.07 Å². The first-order valence-electron chi connectivity index (χ1n) is 4.83. The molecular weight excluding hydrogens is 240 g/mol. The van der Waals surface area contributed by atoms with Crippen molar-refractivity contribution in [3.63, 3.8) is 0 Å². The molecule has 0 fully saturated rings. The Bertz CT molecular complexity index is 527. The summed E-state index contributed by atoms with van der Waals surface area (Å²) >= 11 is 1.53. The lowest BCUT2D eigenvalue weighted by Crippen LogP contribution is -2.02. The van der Waals surface area contributed by atoms with Crippen molar-refractivity contribution in [2.45, 2.75) is 6.54 Å². The van der Waals surface area contributed by atoms with E-state index in [9.17, 15) is 10.1 Å². The Morgan fingerprint density at radius 3 is 2.94 bits per heavy atom. The van der Waals surface area contributed by atoms with E-state index in [4.69, 9.17) is 5.73 Å². The minimum Gasteiger partial charge on any atom is -0.397 e. The van der Waals surface area contributed by atoms with Crippen LogP contribution in [0.15, 0.2) is 29.8 Å². The third kappa shape index (κ3) is 2.70. The Morgan fingerprint density at radius 1 is 1.53 bits per heavy atom. The highest BCUT2D eigenvalue weighted by atomic mass is 32.1. The Labute approximate surface area is 101 Å². The number of nitro groups is 1. The largest absolute Gasteiger partial charge is 0.397 e. The van der Waals surface area contributed by atoms with Crippen molar-refractivity contribution in [1.29, 1.82) is 0 Å². The van der Waals surface area contributed by atoms with Crippen LogP contribution >= 0.6 is 11.3 Å². The maximum atomic E-state index is 10.5. The fraction of sp³-hybridized carbons (Fsp3) is 0.100. The SMILES string of the molecule is Nc1cc([N+](=O)[O-])ccc1NCc1nccs1. The molecule has 6 nitrogen and oxygen atoms in total. The van der Waals surface area contributed by atoms with Crippen molar-refractivity contribution < 1.29 is 4.92 Å². The zero-order chi connectivity index (χ0) is 12.3. The lowest BCUT2D eigenvalue weighted by Gasteiger charge is -2.07. The van der Waals surface area contributed by atoms with Crippen LogP contribution in [0.3, 0.4) is 0 Å². The van der Waals surface area contributed by atoms with Gasteiger partial charge in [0.05, 0.1) is 22.8 Å². The van der Waals surface area contributed by atoms with E-state index in [1.165, 1.54) is 23.5 Å². The van der Waals surface area contributed by atoms with Gasteiger partial charge in [-0.2, -0.15) is 0 Å². The van der Waals surface area contributed by atoms with E-state index in [-0.39, 0.29) is 5.69 Å². The Kier molecular flexibility index (Phi) is 3.20. The van der Waals surface area contributed by atoms with E-state index in [1.807, 2.05) is 5.38 Å². The molecule has 0 aliphatic heterocycles. The molecule has 0 spiro atoms. The van der Waals surface area contributed by atoms with Gasteiger partial charge in [0.15, 0.2) is 0 Å². The first kappa shape index (κ1) is 11.3. The fourth-order valence-electron chi connectivity index (χ4n) is 1.34. The van der Waals surface area contributed by atoms with Gasteiger partial charge in [0, 0.05) is 23.7 Å². The number of aromatic nitrogens is 1. The molecule has 0 bridgehead atoms. The summed E-state index contributed by atoms with van der Waals surface area (Å²) in [7, 11) is 0. The molecule has 88 valence electrons. The number of benzene rings is 1. The van der Waals surface area contributed by atoms with E-state index in [1.54, 1.807) is 12.3 Å². The maximum absolute atomic E-state index is 10.5. The summed E-state index contributed by atoms with van der Waals surface area (Å²) in [4.78, 5) is 14.2. The molecule has 1 heterocycles. The molecular formula is C10H10N4O2S. The van der Waals surface area contributed by atoms with Crippen LogP contribution in [-0.2, 0) is 6.54 Å². The van der Waals surface area contributed by atoms with Crippen LogP contribution in [0.2, 0.25) is 0 Å². The van der Waals surface area contributed by atoms with Gasteiger partial charge in [-0.25, -0.2) is 4.98 Å². The van der Waals surface area contributed by atoms with E-state index in [0.29, 0.717) is 17.9 Å². The number of hydrogen-bond acceptors (Lipinski definition) is 6. The smallest absolute Gasteiger partial charge is 0.271 e. The van der Waals surface area contributed by atoms with Crippen LogP contribution < -0.4 is 11.1 Å². The van der Waals surface area contributed by atoms with Gasteiger partial charge in [-0.3, -0.25) is 10.1 Å². The van der Waals surface area contributed by atoms with E-state index in [2.05, 4.69) is 10.3 Å². The van der Waals surface area contributed by atoms with Crippen LogP contribution in [-0.4, -0.2) is 9.91 Å². The van der Waals surface area contributed by atoms with Crippen molar-refractivity contribution in [1.82, 2.24) is 4.98 Å². The molecule has 0 saturated heterocycles. The normalized spacial score (nSPS) is 10.1. The average molecular weight is 250 g/mol. The molecule has 7 heteroatoms. The highest BCUT2D eigenvalue weighted by molar-refractivity contribution is 7.09. The molecule has 0 aliphatic rings. The van der Waals surface area contributed by atoms with Crippen molar-refractivity contribution in [2.75, 3.05) is 11.1 Å². The molecule has 0 saturated carbocycles. The second-order valence-corrected chi connectivity index (χ2v) is 4.29. The second kappa shape index (κ2) is 4.79. The van der Waals surface area contributed by atoms with Crippen LogP contribution in [0.5, 0.6) is 0 Å². The minimum absolute atomic E-state index is 0.0118. The zero-order valence-corrected chi connectivity index (χ0v) is 9.61. The molecule has 0 amide bonds. The number of nitro benzene ring substituents is 1. The average Bonchev–Trinajstić information content (AvgIpc) is 2.80. The highest BCUT2D eigenvalue weighted by Gasteiger charge is 2.08. The summed E-state index contributed by atoms with van der Waals surface area (Å²) in [6, 6.07) is 4.35. The van der Waals surface area contributed by atoms with Gasteiger partial charge in [0.25, 0.3) is 5.69 Å². The third-order valence-electron chi connectivity index (χ3n) is 2.16. The Hall–Kier alpha value is -2.15. The van der Waals surface area contributed by atoms with Crippen LogP contribution in [0.25, 0.3) is 0 Å². The summed E-state index contributed by atoms with van der Waals surface area (Å²) in [6.07, 6.45) is 1.72. The van der Waals surface area contributed by atoms with Crippen molar-refractivity contribution >= 4 is 28.4 Å². The van der Waals surface area contributed by atoms with Crippen molar-refractivity contribution in [3.05, 3.63) is 44.9 Å². The zero-order valence-electron chi connectivity index (χ0n) is 8.79. The van der Waals surface area contributed by atoms with Gasteiger partial charge in [0.1, 0.15) is 5.01 Å². The van der Waals surface area contributed by atoms with Gasteiger partial charge >= 0.3 is 0 Å². The summed E-state index contributed by atoms with van der Waals surface area (Å²) in [6.45, 7) is 0.555. The van der Waals surface area contributed by atoms with Gasteiger partial charge in [-0.1, -0.05) is 0 Å². The number of nitrogens with one attached hydrogen (secondary N) is 1. The number of nitrogen functional groups attached to an aromatic ring is 1. The van der Waals surface area contributed by atoms with E-state index in [0.717, 1.165) is 5.01 Å². The minimum atomic E-state index is -0.471. The first-order chi connectivity index (χ1) is 8.16. The van der Waals surface area contributed by atoms with Gasteiger partial charge < -0.3 is 11.1 Å². The summed E-state index contributed by atoms with van der Waals surface area (Å²) < 4.78 is 0. The molecule has 2 rings (SSSR count). The molecule has 1 aromatic heterocycles. The van der Waals surface area contributed by atoms with E-state index >= 15 is 0 Å². The second-order valence-electron chi connectivity index (χ2n) is 3.31. The Balaban J connectivity index is 2.09. The highest BCUT2D eigenvalue weighted by Crippen LogP contribution is 2.24. The first-order valence-corrected chi connectivity index (χ1v) is 5.71. The summed E-state index contributed by atoms with van der Waals surface area (Å²) in [5.74, 6) is 0. The summed E-state index contributed by atoms with van der Waals surface area (Å²) in [5, 5.41) is 16.4. The van der Waals surface area contributed by atoms with Crippen molar-refractivity contribution in [2.24, 2.45) is 0 Å². The maximum Gasteiger partial charge on any atom is 0.271 e. The molecule has 1 aromatic carbocycles. The lowest BCUT2D eigenvalue weighted by atomic mass is 10.2. The molecule has 0 atom stereocenters. The molecule has 0 aliphatic carbocycles. The fourth-order valence-corrected chi connectivity index (χ4v) is 1.89. The standard InChI is InChI=1S/C10H10N4O2S/c11-8-5-7(14(15)16)1-2-9(8)13-6-10-12-3-4-17-10/h1-5,13H,6,11H2. The third-order valence-corrected chi connectivity index (χ3v) is 2.94. The molecule has 3 N–H and O–H groups in total. The van der Waals surface area contributed by atoms with E-state index < -0.39 is 4.92 Å². The lowest BCUT2D eigenvalue weighted by molar-refractivity contribution is -0.384. The molecule has 0 unspecified atom stereocenters. The summed E-state index contributed by atoms with van der Waals surface area (Å²) in [5.41, 5.74) is 6.73. The van der Waals surface area contributed by atoms with Crippen LogP contribution in [0.1, 0.15) is 5.01 Å². The predicted molar refractivity (Wildman–Crippen MR) is 66.9 cm³/mol. The van der Waals surface area contributed by atoms with Gasteiger partial charge in [-0.15, -0.1) is 11.3 Å². The van der Waals surface area contributed by atoms with Crippen molar-refractivity contribution in [3.8, 4) is 0 Å². The Morgan fingerprint density at radius 2 is 2.35 bits per heavy atom. The predicted octanol–water partition coefficient (Wildman–Crippen LogP) is 2.25. The molecule has 2 aromatic rings. The number of anilines is 2. The number of non-ortho nitro benzene ring substituents is 1. The van der Waals surface area contributed by atoms with Gasteiger partial charge in [0.2, 0.25) is 0 Å². The quantitative estimate of drug-likeness (QED) is 0.493. The number of hydrogen-bond donors (Lipinski definition) is 2. The number of nitrogens with zero attached hydrogens (tertiary/aromatic N) is 2. The monoisotopic (exact) mass is 250 g/mol. The molecule has 17 heavy (non-hydrogen) atoms. The number of nitrogens with two attached hydrogens (primary N) is 1. The molecule has 0 radical (unpaired) electrons. The van der Waals surface area contributed by atoms with Crippen LogP contribution in [0, 0.1) is 10.1 Å².